The number of rotatable bonds is 8. The van der Waals surface area contributed by atoms with Crippen LogP contribution in [0.25, 0.3) is 15.2 Å². The topological polar surface area (TPSA) is 105 Å². The Morgan fingerprint density at radius 2 is 1.82 bits per heavy atom. The van der Waals surface area contributed by atoms with Crippen molar-refractivity contribution in [3.8, 4) is 17.2 Å². The number of imidazole rings is 1. The maximum absolute atomic E-state index is 12.6. The van der Waals surface area contributed by atoms with Crippen LogP contribution in [0.5, 0.6) is 17.2 Å². The van der Waals surface area contributed by atoms with Gasteiger partial charge < -0.3 is 19.5 Å². The van der Waals surface area contributed by atoms with Gasteiger partial charge in [0.15, 0.2) is 16.5 Å². The molecule has 11 heteroatoms. The number of aromatic nitrogens is 5. The number of thiazole rings is 1. The van der Waals surface area contributed by atoms with Gasteiger partial charge in [0.2, 0.25) is 5.75 Å². The smallest absolute Gasteiger partial charge is 0.271 e. The van der Waals surface area contributed by atoms with Gasteiger partial charge in [-0.3, -0.25) is 9.20 Å². The van der Waals surface area contributed by atoms with Crippen LogP contribution in [0, 0.1) is 0 Å². The molecule has 0 spiro atoms. The average molecular weight is 479 g/mol. The number of hydrogen-bond acceptors (Lipinski definition) is 8. The van der Waals surface area contributed by atoms with Crippen LogP contribution in [0.2, 0.25) is 0 Å². The van der Waals surface area contributed by atoms with Gasteiger partial charge in [-0.25, -0.2) is 9.67 Å². The van der Waals surface area contributed by atoms with Crippen molar-refractivity contribution in [2.24, 2.45) is 0 Å². The highest BCUT2D eigenvalue weighted by molar-refractivity contribution is 7.23. The zero-order chi connectivity index (χ0) is 23.7. The number of nitrogens with one attached hydrogen (secondary N) is 1. The molecule has 5 rings (SSSR count). The monoisotopic (exact) mass is 478 g/mol. The third kappa shape index (κ3) is 4.01. The molecule has 0 saturated carbocycles. The summed E-state index contributed by atoms with van der Waals surface area (Å²) in [6.07, 6.45) is 3.54. The Balaban J connectivity index is 1.26. The molecule has 0 unspecified atom stereocenters. The number of methoxy groups -OCH3 is 3. The summed E-state index contributed by atoms with van der Waals surface area (Å²) >= 11 is 1.55. The summed E-state index contributed by atoms with van der Waals surface area (Å²) in [5.41, 5.74) is 2.93. The van der Waals surface area contributed by atoms with Crippen LogP contribution in [-0.4, -0.2) is 51.6 Å². The van der Waals surface area contributed by atoms with E-state index in [1.54, 1.807) is 49.7 Å². The van der Waals surface area contributed by atoms with Crippen LogP contribution in [0.4, 0.5) is 0 Å². The van der Waals surface area contributed by atoms with E-state index in [-0.39, 0.29) is 12.5 Å². The molecule has 1 N–H and O–H groups in total. The van der Waals surface area contributed by atoms with Gasteiger partial charge in [-0.15, -0.1) is 5.10 Å². The van der Waals surface area contributed by atoms with E-state index < -0.39 is 0 Å². The molecule has 10 nitrogen and oxygen atoms in total. The van der Waals surface area contributed by atoms with Gasteiger partial charge in [-0.2, -0.15) is 0 Å². The molecule has 174 valence electrons. The summed E-state index contributed by atoms with van der Waals surface area (Å²) in [4.78, 5) is 17.9. The Bertz CT molecular complexity index is 1460. The van der Waals surface area contributed by atoms with Gasteiger partial charge in [0.1, 0.15) is 11.4 Å². The van der Waals surface area contributed by atoms with E-state index in [4.69, 9.17) is 14.2 Å². The molecule has 0 atom stereocenters. The van der Waals surface area contributed by atoms with Crippen molar-refractivity contribution in [2.45, 2.75) is 13.1 Å². The van der Waals surface area contributed by atoms with Crippen LogP contribution in [-0.2, 0) is 13.1 Å². The fourth-order valence-corrected chi connectivity index (χ4v) is 4.74. The number of carbonyl (C=O) groups excluding carboxylic acids is 1. The summed E-state index contributed by atoms with van der Waals surface area (Å²) in [7, 11) is 4.71. The molecule has 0 fully saturated rings. The summed E-state index contributed by atoms with van der Waals surface area (Å²) in [5.74, 6) is 1.40. The van der Waals surface area contributed by atoms with Crippen molar-refractivity contribution in [1.29, 1.82) is 0 Å². The molecule has 3 heterocycles. The Morgan fingerprint density at radius 3 is 2.56 bits per heavy atom. The first kappa shape index (κ1) is 21.7. The number of benzene rings is 2. The molecule has 0 aliphatic rings. The highest BCUT2D eigenvalue weighted by Crippen LogP contribution is 2.38. The lowest BCUT2D eigenvalue weighted by Gasteiger charge is -2.14. The van der Waals surface area contributed by atoms with Gasteiger partial charge in [0.05, 0.1) is 50.8 Å². The summed E-state index contributed by atoms with van der Waals surface area (Å²) in [5, 5.41) is 11.2. The van der Waals surface area contributed by atoms with Crippen LogP contribution in [0.15, 0.2) is 48.8 Å². The quantitative estimate of drug-likeness (QED) is 0.365. The van der Waals surface area contributed by atoms with E-state index in [1.165, 1.54) is 0 Å². The average Bonchev–Trinajstić information content (AvgIpc) is 3.56. The molecule has 3 aromatic heterocycles. The minimum Gasteiger partial charge on any atom is -0.493 e. The second-order valence-corrected chi connectivity index (χ2v) is 8.48. The molecule has 0 saturated heterocycles. The predicted molar refractivity (Wildman–Crippen MR) is 127 cm³/mol. The standard InChI is InChI=1S/C23H22N6O4S/c1-31-18-8-14(9-19(32-2)21(18)33-3)11-28-12-15(26-27-28)10-24-22(30)16-13-29-17-6-4-5-7-20(17)34-23(29)25-16/h4-9,12-13H,10-11H2,1-3H3,(H,24,30). The van der Waals surface area contributed by atoms with Crippen molar-refractivity contribution in [3.05, 3.63) is 65.7 Å². The van der Waals surface area contributed by atoms with Crippen molar-refractivity contribution in [2.75, 3.05) is 21.3 Å². The maximum Gasteiger partial charge on any atom is 0.271 e. The SMILES string of the molecule is COc1cc(Cn2cc(CNC(=O)c3cn4c(n3)sc3ccccc34)nn2)cc(OC)c1OC. The van der Waals surface area contributed by atoms with E-state index in [9.17, 15) is 4.79 Å². The molecule has 0 aliphatic heterocycles. The molecule has 0 bridgehead atoms. The summed E-state index contributed by atoms with van der Waals surface area (Å²) in [6, 6.07) is 11.7. The summed E-state index contributed by atoms with van der Waals surface area (Å²) in [6.45, 7) is 0.683. The van der Waals surface area contributed by atoms with E-state index in [0.717, 1.165) is 20.7 Å². The Kier molecular flexibility index (Phi) is 5.76. The van der Waals surface area contributed by atoms with Crippen LogP contribution in [0.1, 0.15) is 21.7 Å². The van der Waals surface area contributed by atoms with Gasteiger partial charge >= 0.3 is 0 Å². The third-order valence-electron chi connectivity index (χ3n) is 5.32. The zero-order valence-corrected chi connectivity index (χ0v) is 19.6. The lowest BCUT2D eigenvalue weighted by molar-refractivity contribution is 0.0946. The number of hydrogen-bond donors (Lipinski definition) is 1. The lowest BCUT2D eigenvalue weighted by atomic mass is 10.2. The molecule has 34 heavy (non-hydrogen) atoms. The normalized spacial score (nSPS) is 11.1. The fourth-order valence-electron chi connectivity index (χ4n) is 3.73. The number of nitrogens with zero attached hydrogens (tertiary/aromatic N) is 5. The minimum absolute atomic E-state index is 0.236. The molecule has 1 amide bonds. The predicted octanol–water partition coefficient (Wildman–Crippen LogP) is 3.14. The van der Waals surface area contributed by atoms with Crippen molar-refractivity contribution < 1.29 is 19.0 Å². The van der Waals surface area contributed by atoms with Crippen molar-refractivity contribution in [3.63, 3.8) is 0 Å². The van der Waals surface area contributed by atoms with Crippen LogP contribution >= 0.6 is 11.3 Å². The zero-order valence-electron chi connectivity index (χ0n) is 18.8. The molecule has 0 radical (unpaired) electrons. The Hall–Kier alpha value is -4.12. The molecule has 2 aromatic carbocycles. The number of fused-ring (bicyclic) bond motifs is 3. The second kappa shape index (κ2) is 9.02. The largest absolute Gasteiger partial charge is 0.493 e. The molecule has 0 aliphatic carbocycles. The molecular weight excluding hydrogens is 456 g/mol. The lowest BCUT2D eigenvalue weighted by Crippen LogP contribution is -2.23. The van der Waals surface area contributed by atoms with Crippen molar-refractivity contribution >= 4 is 32.4 Å². The first-order valence-electron chi connectivity index (χ1n) is 10.4. The first-order valence-corrected chi connectivity index (χ1v) is 11.2. The Labute approximate surface area is 198 Å². The number of carbonyl (C=O) groups is 1. The highest BCUT2D eigenvalue weighted by Gasteiger charge is 2.16. The fraction of sp³-hybridized carbons (Fsp3) is 0.217. The minimum atomic E-state index is -0.265. The van der Waals surface area contributed by atoms with E-state index in [2.05, 4.69) is 20.6 Å². The van der Waals surface area contributed by atoms with Gasteiger partial charge in [0, 0.05) is 6.20 Å². The van der Waals surface area contributed by atoms with Gasteiger partial charge in [0.25, 0.3) is 5.91 Å². The van der Waals surface area contributed by atoms with Crippen LogP contribution in [0.3, 0.4) is 0 Å². The second-order valence-electron chi connectivity index (χ2n) is 7.47. The Morgan fingerprint density at radius 1 is 1.06 bits per heavy atom. The number of ether oxygens (including phenoxy) is 3. The first-order chi connectivity index (χ1) is 16.6. The number of amides is 1. The van der Waals surface area contributed by atoms with Crippen LogP contribution < -0.4 is 19.5 Å². The van der Waals surface area contributed by atoms with E-state index >= 15 is 0 Å². The third-order valence-corrected chi connectivity index (χ3v) is 6.35. The maximum atomic E-state index is 12.6. The van der Waals surface area contributed by atoms with Gasteiger partial charge in [-0.05, 0) is 29.8 Å². The van der Waals surface area contributed by atoms with E-state index in [1.807, 2.05) is 40.8 Å². The number of para-hydroxylation sites is 1. The van der Waals surface area contributed by atoms with E-state index in [0.29, 0.717) is 35.2 Å². The molecule has 5 aromatic rings. The molecular formula is C23H22N6O4S. The van der Waals surface area contributed by atoms with Crippen molar-refractivity contribution in [1.82, 2.24) is 29.7 Å². The summed E-state index contributed by atoms with van der Waals surface area (Å²) < 4.78 is 20.9. The highest BCUT2D eigenvalue weighted by atomic mass is 32.1. The van der Waals surface area contributed by atoms with Gasteiger partial charge in [-0.1, -0.05) is 28.7 Å².